The molecule has 0 radical (unpaired) electrons. The summed E-state index contributed by atoms with van der Waals surface area (Å²) in [5, 5.41) is 21.0. The van der Waals surface area contributed by atoms with Crippen molar-refractivity contribution in [2.24, 2.45) is 0 Å². The fourth-order valence-electron chi connectivity index (χ4n) is 2.35. The van der Waals surface area contributed by atoms with Crippen LogP contribution in [0.3, 0.4) is 0 Å². The van der Waals surface area contributed by atoms with Crippen LogP contribution in [0.1, 0.15) is 6.92 Å². The molecule has 3 heterocycles. The summed E-state index contributed by atoms with van der Waals surface area (Å²) in [5.74, 6) is 0.0698. The van der Waals surface area contributed by atoms with Crippen LogP contribution in [0.5, 0.6) is 0 Å². The summed E-state index contributed by atoms with van der Waals surface area (Å²) in [6.07, 6.45) is 3.44. The summed E-state index contributed by atoms with van der Waals surface area (Å²) in [7, 11) is 0. The number of rotatable bonds is 3. The molecule has 0 aliphatic rings. The van der Waals surface area contributed by atoms with Crippen molar-refractivity contribution in [1.82, 2.24) is 20.2 Å². The van der Waals surface area contributed by atoms with Gasteiger partial charge in [0.25, 0.3) is 5.97 Å². The van der Waals surface area contributed by atoms with Crippen LogP contribution in [0.25, 0.3) is 21.3 Å². The Bertz CT molecular complexity index is 1020. The van der Waals surface area contributed by atoms with E-state index in [-0.39, 0.29) is 5.95 Å². The van der Waals surface area contributed by atoms with Crippen LogP contribution >= 0.6 is 11.3 Å². The van der Waals surface area contributed by atoms with Gasteiger partial charge in [-0.3, -0.25) is 9.89 Å². The molecule has 0 fully saturated rings. The molecule has 9 heteroatoms. The highest BCUT2D eigenvalue weighted by molar-refractivity contribution is 7.13. The number of aromatic amines is 1. The molecule has 0 aliphatic carbocycles. The largest absolute Gasteiger partial charge is 0.481 e. The lowest BCUT2D eigenvalue weighted by molar-refractivity contribution is -0.134. The van der Waals surface area contributed by atoms with Gasteiger partial charge in [0.15, 0.2) is 0 Å². The number of nitrogens with two attached hydrogens (primary N) is 1. The normalized spacial score (nSPS) is 10.2. The zero-order valence-corrected chi connectivity index (χ0v) is 14.6. The molecule has 0 amide bonds. The minimum absolute atomic E-state index is 0.243. The van der Waals surface area contributed by atoms with E-state index in [4.69, 9.17) is 15.6 Å². The summed E-state index contributed by atoms with van der Waals surface area (Å²) < 4.78 is 0. The second-order valence-corrected chi connectivity index (χ2v) is 6.23. The molecule has 132 valence electrons. The van der Waals surface area contributed by atoms with Gasteiger partial charge in [0.1, 0.15) is 5.82 Å². The average molecular weight is 368 g/mol. The molecular formula is C17H16N6O2S. The predicted octanol–water partition coefficient (Wildman–Crippen LogP) is 3.50. The minimum Gasteiger partial charge on any atom is -0.481 e. The smallest absolute Gasteiger partial charge is 0.300 e. The third-order valence-electron chi connectivity index (χ3n) is 3.28. The van der Waals surface area contributed by atoms with Gasteiger partial charge in [0, 0.05) is 34.6 Å². The standard InChI is InChI=1S/C15H12N6S.C2H4O2/c16-15-17-4-3-13(20-15)19-10-6-9-8-18-21-14(9)11(7-10)12-2-1-5-22-12;1-2(3)4/h1-8H,(H,18,21)(H3,16,17,19,20);1H3,(H,3,4). The van der Waals surface area contributed by atoms with Gasteiger partial charge in [-0.25, -0.2) is 4.98 Å². The lowest BCUT2D eigenvalue weighted by Gasteiger charge is -2.08. The molecule has 3 aromatic heterocycles. The van der Waals surface area contributed by atoms with Gasteiger partial charge in [-0.05, 0) is 29.6 Å². The van der Waals surface area contributed by atoms with Gasteiger partial charge < -0.3 is 16.2 Å². The third-order valence-corrected chi connectivity index (χ3v) is 4.19. The molecule has 0 saturated heterocycles. The molecule has 5 N–H and O–H groups in total. The Kier molecular flexibility index (Phi) is 5.09. The Morgan fingerprint density at radius 3 is 2.85 bits per heavy atom. The molecule has 0 spiro atoms. The Hall–Kier alpha value is -3.46. The van der Waals surface area contributed by atoms with Crippen molar-refractivity contribution < 1.29 is 9.90 Å². The van der Waals surface area contributed by atoms with E-state index in [0.29, 0.717) is 5.82 Å². The first-order valence-electron chi connectivity index (χ1n) is 7.59. The number of nitrogens with zero attached hydrogens (tertiary/aromatic N) is 3. The van der Waals surface area contributed by atoms with Crippen LogP contribution in [-0.4, -0.2) is 31.2 Å². The van der Waals surface area contributed by atoms with Crippen LogP contribution in [0.4, 0.5) is 17.5 Å². The average Bonchev–Trinajstić information content (AvgIpc) is 3.25. The van der Waals surface area contributed by atoms with Crippen molar-refractivity contribution in [2.75, 3.05) is 11.1 Å². The number of anilines is 3. The number of nitrogens with one attached hydrogen (secondary N) is 2. The van der Waals surface area contributed by atoms with Gasteiger partial charge in [0.2, 0.25) is 5.95 Å². The van der Waals surface area contributed by atoms with E-state index < -0.39 is 5.97 Å². The molecule has 0 atom stereocenters. The summed E-state index contributed by atoms with van der Waals surface area (Å²) in [4.78, 5) is 18.2. The molecular weight excluding hydrogens is 352 g/mol. The van der Waals surface area contributed by atoms with Crippen LogP contribution < -0.4 is 11.1 Å². The van der Waals surface area contributed by atoms with E-state index in [1.165, 1.54) is 4.88 Å². The zero-order chi connectivity index (χ0) is 18.5. The van der Waals surface area contributed by atoms with Gasteiger partial charge in [-0.15, -0.1) is 11.3 Å². The highest BCUT2D eigenvalue weighted by atomic mass is 32.1. The zero-order valence-electron chi connectivity index (χ0n) is 13.8. The topological polar surface area (TPSA) is 130 Å². The maximum atomic E-state index is 9.00. The van der Waals surface area contributed by atoms with E-state index in [0.717, 1.165) is 29.1 Å². The second kappa shape index (κ2) is 7.62. The fraction of sp³-hybridized carbons (Fsp3) is 0.0588. The number of fused-ring (bicyclic) bond motifs is 1. The highest BCUT2D eigenvalue weighted by Gasteiger charge is 2.09. The fourth-order valence-corrected chi connectivity index (χ4v) is 3.10. The van der Waals surface area contributed by atoms with E-state index in [1.54, 1.807) is 23.6 Å². The van der Waals surface area contributed by atoms with Crippen molar-refractivity contribution >= 4 is 45.7 Å². The van der Waals surface area contributed by atoms with Crippen molar-refractivity contribution in [3.63, 3.8) is 0 Å². The van der Waals surface area contributed by atoms with E-state index in [1.807, 2.05) is 18.3 Å². The number of carboxylic acid groups (broad SMARTS) is 1. The lowest BCUT2D eigenvalue weighted by Crippen LogP contribution is -1.99. The predicted molar refractivity (Wildman–Crippen MR) is 102 cm³/mol. The molecule has 0 bridgehead atoms. The summed E-state index contributed by atoms with van der Waals surface area (Å²) in [6, 6.07) is 10.00. The number of carbonyl (C=O) groups is 1. The molecule has 8 nitrogen and oxygen atoms in total. The number of aromatic nitrogens is 4. The first kappa shape index (κ1) is 17.4. The monoisotopic (exact) mass is 368 g/mol. The Morgan fingerprint density at radius 1 is 1.35 bits per heavy atom. The number of H-pyrrole nitrogens is 1. The number of thiophene rings is 1. The van der Waals surface area contributed by atoms with Crippen LogP contribution in [0.2, 0.25) is 0 Å². The van der Waals surface area contributed by atoms with E-state index in [2.05, 4.69) is 43.0 Å². The number of hydrogen-bond acceptors (Lipinski definition) is 7. The molecule has 4 aromatic rings. The lowest BCUT2D eigenvalue weighted by atomic mass is 10.1. The van der Waals surface area contributed by atoms with Crippen LogP contribution in [0, 0.1) is 0 Å². The summed E-state index contributed by atoms with van der Waals surface area (Å²) >= 11 is 1.69. The Labute approximate surface area is 152 Å². The maximum Gasteiger partial charge on any atom is 0.300 e. The maximum absolute atomic E-state index is 9.00. The van der Waals surface area contributed by atoms with E-state index >= 15 is 0 Å². The number of nitrogen functional groups attached to an aromatic ring is 1. The molecule has 1 aromatic carbocycles. The summed E-state index contributed by atoms with van der Waals surface area (Å²) in [6.45, 7) is 1.08. The second-order valence-electron chi connectivity index (χ2n) is 5.28. The number of carboxylic acids is 1. The first-order valence-corrected chi connectivity index (χ1v) is 8.47. The molecule has 4 rings (SSSR count). The van der Waals surface area contributed by atoms with E-state index in [9.17, 15) is 0 Å². The van der Waals surface area contributed by atoms with Gasteiger partial charge in [-0.2, -0.15) is 10.1 Å². The molecule has 0 aliphatic heterocycles. The SMILES string of the molecule is CC(=O)O.Nc1nccc(Nc2cc(-c3cccs3)c3[nH]ncc3c2)n1. The highest BCUT2D eigenvalue weighted by Crippen LogP contribution is 2.34. The number of hydrogen-bond donors (Lipinski definition) is 4. The van der Waals surface area contributed by atoms with Gasteiger partial charge in [0.05, 0.1) is 11.7 Å². The molecule has 0 unspecified atom stereocenters. The number of aliphatic carboxylic acids is 1. The van der Waals surface area contributed by atoms with Crippen molar-refractivity contribution in [3.8, 4) is 10.4 Å². The quantitative estimate of drug-likeness (QED) is 0.435. The third kappa shape index (κ3) is 4.14. The van der Waals surface area contributed by atoms with Gasteiger partial charge >= 0.3 is 0 Å². The Morgan fingerprint density at radius 2 is 2.15 bits per heavy atom. The van der Waals surface area contributed by atoms with Crippen LogP contribution in [0.15, 0.2) is 48.1 Å². The molecule has 26 heavy (non-hydrogen) atoms. The number of benzene rings is 1. The minimum atomic E-state index is -0.833. The molecule has 0 saturated carbocycles. The van der Waals surface area contributed by atoms with Crippen molar-refractivity contribution in [3.05, 3.63) is 48.1 Å². The van der Waals surface area contributed by atoms with Crippen molar-refractivity contribution in [2.45, 2.75) is 6.92 Å². The first-order chi connectivity index (χ1) is 12.5. The summed E-state index contributed by atoms with van der Waals surface area (Å²) in [5.41, 5.74) is 8.67. The van der Waals surface area contributed by atoms with Gasteiger partial charge in [-0.1, -0.05) is 6.07 Å². The Balaban J connectivity index is 0.000000447. The van der Waals surface area contributed by atoms with Crippen molar-refractivity contribution in [1.29, 1.82) is 0 Å². The van der Waals surface area contributed by atoms with Crippen LogP contribution in [-0.2, 0) is 4.79 Å².